The zero-order valence-electron chi connectivity index (χ0n) is 13.6. The van der Waals surface area contributed by atoms with E-state index >= 15 is 0 Å². The summed E-state index contributed by atoms with van der Waals surface area (Å²) in [6.45, 7) is 7.42. The molecule has 2 N–H and O–H groups in total. The molecule has 0 heterocycles. The van der Waals surface area contributed by atoms with Gasteiger partial charge in [0.2, 0.25) is 0 Å². The molecule has 0 aliphatic carbocycles. The number of ether oxygens (including phenoxy) is 1. The Morgan fingerprint density at radius 1 is 1.10 bits per heavy atom. The Balaban J connectivity index is 2.68. The standard InChI is InChI=1S/C18H30BrNO/c1-4-7-8-14(5-2)13-21-18(17(20)6-3)15-9-11-16(19)12-10-15/h9-12,14,17-18H,4-8,13,20H2,1-3H3. The molecule has 0 radical (unpaired) electrons. The molecule has 0 bridgehead atoms. The van der Waals surface area contributed by atoms with Crippen molar-refractivity contribution in [2.45, 2.75) is 65.0 Å². The van der Waals surface area contributed by atoms with Crippen molar-refractivity contribution in [1.29, 1.82) is 0 Å². The number of hydrogen-bond acceptors (Lipinski definition) is 2. The summed E-state index contributed by atoms with van der Waals surface area (Å²) >= 11 is 3.48. The fourth-order valence-electron chi connectivity index (χ4n) is 2.47. The SMILES string of the molecule is CCCCC(CC)COC(c1ccc(Br)cc1)C(N)CC. The van der Waals surface area contributed by atoms with Crippen LogP contribution in [-0.2, 0) is 4.74 Å². The molecule has 0 aliphatic rings. The molecule has 1 aromatic rings. The van der Waals surface area contributed by atoms with Crippen LogP contribution in [-0.4, -0.2) is 12.6 Å². The normalized spacial score (nSPS) is 15.7. The average molecular weight is 356 g/mol. The first-order valence-electron chi connectivity index (χ1n) is 8.24. The van der Waals surface area contributed by atoms with Crippen molar-refractivity contribution >= 4 is 15.9 Å². The third-order valence-electron chi connectivity index (χ3n) is 4.11. The van der Waals surface area contributed by atoms with Crippen LogP contribution in [0.5, 0.6) is 0 Å². The minimum Gasteiger partial charge on any atom is -0.372 e. The molecule has 3 atom stereocenters. The summed E-state index contributed by atoms with van der Waals surface area (Å²) in [5.41, 5.74) is 7.46. The first-order valence-corrected chi connectivity index (χ1v) is 9.04. The lowest BCUT2D eigenvalue weighted by atomic mass is 9.98. The number of unbranched alkanes of at least 4 members (excludes halogenated alkanes) is 1. The fraction of sp³-hybridized carbons (Fsp3) is 0.667. The van der Waals surface area contributed by atoms with Gasteiger partial charge in [-0.15, -0.1) is 0 Å². The molecule has 0 amide bonds. The molecular weight excluding hydrogens is 326 g/mol. The van der Waals surface area contributed by atoms with Crippen LogP contribution in [0.25, 0.3) is 0 Å². The van der Waals surface area contributed by atoms with Crippen molar-refractivity contribution in [2.75, 3.05) is 6.61 Å². The highest BCUT2D eigenvalue weighted by atomic mass is 79.9. The Labute approximate surface area is 138 Å². The molecule has 1 aromatic carbocycles. The molecule has 3 unspecified atom stereocenters. The second kappa shape index (κ2) is 10.4. The molecule has 0 saturated carbocycles. The van der Waals surface area contributed by atoms with Crippen LogP contribution < -0.4 is 5.73 Å². The first-order chi connectivity index (χ1) is 10.1. The second-order valence-electron chi connectivity index (χ2n) is 5.79. The van der Waals surface area contributed by atoms with Crippen LogP contribution in [0.1, 0.15) is 64.5 Å². The van der Waals surface area contributed by atoms with Gasteiger partial charge in [0.15, 0.2) is 0 Å². The van der Waals surface area contributed by atoms with Gasteiger partial charge in [0.05, 0.1) is 12.7 Å². The number of hydrogen-bond donors (Lipinski definition) is 1. The van der Waals surface area contributed by atoms with Gasteiger partial charge in [-0.05, 0) is 36.5 Å². The maximum absolute atomic E-state index is 6.28. The van der Waals surface area contributed by atoms with E-state index in [-0.39, 0.29) is 12.1 Å². The van der Waals surface area contributed by atoms with E-state index in [4.69, 9.17) is 10.5 Å². The smallest absolute Gasteiger partial charge is 0.0975 e. The van der Waals surface area contributed by atoms with Crippen LogP contribution in [0.4, 0.5) is 0 Å². The minimum atomic E-state index is -0.00113. The molecule has 2 nitrogen and oxygen atoms in total. The van der Waals surface area contributed by atoms with Gasteiger partial charge in [0.25, 0.3) is 0 Å². The molecule has 120 valence electrons. The van der Waals surface area contributed by atoms with Crippen LogP contribution in [0.3, 0.4) is 0 Å². The molecule has 0 aromatic heterocycles. The van der Waals surface area contributed by atoms with E-state index in [1.807, 2.05) is 0 Å². The van der Waals surface area contributed by atoms with Crippen LogP contribution in [0, 0.1) is 5.92 Å². The molecule has 3 heteroatoms. The molecule has 0 fully saturated rings. The van der Waals surface area contributed by atoms with Crippen molar-refractivity contribution in [3.05, 3.63) is 34.3 Å². The first kappa shape index (κ1) is 18.7. The predicted molar refractivity (Wildman–Crippen MR) is 94.4 cm³/mol. The summed E-state index contributed by atoms with van der Waals surface area (Å²) in [4.78, 5) is 0. The molecule has 0 spiro atoms. The number of nitrogens with two attached hydrogens (primary N) is 1. The average Bonchev–Trinajstić information content (AvgIpc) is 2.51. The van der Waals surface area contributed by atoms with Crippen molar-refractivity contribution in [3.8, 4) is 0 Å². The minimum absolute atomic E-state index is 0.00113. The van der Waals surface area contributed by atoms with Crippen molar-refractivity contribution in [1.82, 2.24) is 0 Å². The van der Waals surface area contributed by atoms with Crippen molar-refractivity contribution < 1.29 is 4.74 Å². The Morgan fingerprint density at radius 2 is 1.76 bits per heavy atom. The van der Waals surface area contributed by atoms with Gasteiger partial charge in [0, 0.05) is 10.5 Å². The van der Waals surface area contributed by atoms with Gasteiger partial charge < -0.3 is 10.5 Å². The summed E-state index contributed by atoms with van der Waals surface area (Å²) in [6, 6.07) is 8.38. The van der Waals surface area contributed by atoms with Gasteiger partial charge >= 0.3 is 0 Å². The quantitative estimate of drug-likeness (QED) is 0.604. The summed E-state index contributed by atoms with van der Waals surface area (Å²) in [5.74, 6) is 0.645. The Kier molecular flexibility index (Phi) is 9.21. The summed E-state index contributed by atoms with van der Waals surface area (Å²) in [7, 11) is 0. The lowest BCUT2D eigenvalue weighted by Gasteiger charge is -2.26. The van der Waals surface area contributed by atoms with Crippen LogP contribution >= 0.6 is 15.9 Å². The molecule has 21 heavy (non-hydrogen) atoms. The highest BCUT2D eigenvalue weighted by molar-refractivity contribution is 9.10. The van der Waals surface area contributed by atoms with Gasteiger partial charge in [-0.2, -0.15) is 0 Å². The highest BCUT2D eigenvalue weighted by Gasteiger charge is 2.20. The molecule has 0 saturated heterocycles. The third-order valence-corrected chi connectivity index (χ3v) is 4.64. The van der Waals surface area contributed by atoms with E-state index in [1.165, 1.54) is 31.2 Å². The topological polar surface area (TPSA) is 35.2 Å². The van der Waals surface area contributed by atoms with E-state index in [1.54, 1.807) is 0 Å². The highest BCUT2D eigenvalue weighted by Crippen LogP contribution is 2.26. The van der Waals surface area contributed by atoms with Crippen molar-refractivity contribution in [3.63, 3.8) is 0 Å². The van der Waals surface area contributed by atoms with E-state index in [0.717, 1.165) is 17.5 Å². The number of halogens is 1. The molecule has 1 rings (SSSR count). The monoisotopic (exact) mass is 355 g/mol. The molecule has 0 aliphatic heterocycles. The zero-order chi connectivity index (χ0) is 15.7. The molecular formula is C18H30BrNO. The summed E-state index contributed by atoms with van der Waals surface area (Å²) in [6.07, 6.45) is 5.88. The number of benzene rings is 1. The lowest BCUT2D eigenvalue weighted by Crippen LogP contribution is -2.30. The maximum Gasteiger partial charge on any atom is 0.0975 e. The Hall–Kier alpha value is -0.380. The van der Waals surface area contributed by atoms with Gasteiger partial charge in [-0.25, -0.2) is 0 Å². The largest absolute Gasteiger partial charge is 0.372 e. The van der Waals surface area contributed by atoms with E-state index < -0.39 is 0 Å². The fourth-order valence-corrected chi connectivity index (χ4v) is 2.74. The van der Waals surface area contributed by atoms with Crippen LogP contribution in [0.15, 0.2) is 28.7 Å². The van der Waals surface area contributed by atoms with Gasteiger partial charge in [0.1, 0.15) is 0 Å². The van der Waals surface area contributed by atoms with Crippen molar-refractivity contribution in [2.24, 2.45) is 11.7 Å². The third kappa shape index (κ3) is 6.50. The second-order valence-corrected chi connectivity index (χ2v) is 6.71. The summed E-state index contributed by atoms with van der Waals surface area (Å²) < 4.78 is 7.32. The maximum atomic E-state index is 6.28. The van der Waals surface area contributed by atoms with Crippen LogP contribution in [0.2, 0.25) is 0 Å². The van der Waals surface area contributed by atoms with Gasteiger partial charge in [-0.3, -0.25) is 0 Å². The lowest BCUT2D eigenvalue weighted by molar-refractivity contribution is 0.00872. The predicted octanol–water partition coefficient (Wildman–Crippen LogP) is 5.46. The van der Waals surface area contributed by atoms with Gasteiger partial charge in [-0.1, -0.05) is 68.1 Å². The zero-order valence-corrected chi connectivity index (χ0v) is 15.2. The number of rotatable bonds is 10. The summed E-state index contributed by atoms with van der Waals surface area (Å²) in [5, 5.41) is 0. The van der Waals surface area contributed by atoms with E-state index in [9.17, 15) is 0 Å². The Morgan fingerprint density at radius 3 is 2.29 bits per heavy atom. The Bertz CT molecular complexity index is 379. The van der Waals surface area contributed by atoms with E-state index in [2.05, 4.69) is 61.0 Å². The van der Waals surface area contributed by atoms with E-state index in [0.29, 0.717) is 5.92 Å².